The summed E-state index contributed by atoms with van der Waals surface area (Å²) < 4.78 is 0. The molecule has 0 saturated heterocycles. The predicted molar refractivity (Wildman–Crippen MR) is 81.7 cm³/mol. The first-order valence-electron chi connectivity index (χ1n) is 7.28. The fourth-order valence-corrected chi connectivity index (χ4v) is 2.24. The average Bonchev–Trinajstić information content (AvgIpc) is 2.40. The van der Waals surface area contributed by atoms with E-state index in [0.29, 0.717) is 0 Å². The van der Waals surface area contributed by atoms with E-state index in [1.54, 1.807) is 0 Å². The van der Waals surface area contributed by atoms with Gasteiger partial charge < -0.3 is 10.2 Å². The normalized spacial score (nSPS) is 10.3. The Kier molecular flexibility index (Phi) is 6.40. The number of aryl methyl sites for hydroxylation is 2. The Bertz CT molecular complexity index is 409. The molecule has 1 N–H and O–H groups in total. The van der Waals surface area contributed by atoms with Gasteiger partial charge in [-0.05, 0) is 37.3 Å². The van der Waals surface area contributed by atoms with Crippen molar-refractivity contribution in [2.24, 2.45) is 0 Å². The van der Waals surface area contributed by atoms with Crippen LogP contribution in [0.15, 0.2) is 18.2 Å². The van der Waals surface area contributed by atoms with Crippen LogP contribution in [0.4, 0.5) is 10.5 Å². The minimum atomic E-state index is 0.0210. The monoisotopic (exact) mass is 262 g/mol. The SMILES string of the molecule is CCCN(CCC)C(=O)Nc1c(C)cccc1CC. The van der Waals surface area contributed by atoms with E-state index in [2.05, 4.69) is 32.2 Å². The zero-order chi connectivity index (χ0) is 14.3. The lowest BCUT2D eigenvalue weighted by Crippen LogP contribution is -2.36. The quantitative estimate of drug-likeness (QED) is 0.818. The van der Waals surface area contributed by atoms with Gasteiger partial charge in [-0.25, -0.2) is 4.79 Å². The van der Waals surface area contributed by atoms with Crippen molar-refractivity contribution in [3.63, 3.8) is 0 Å². The number of benzene rings is 1. The van der Waals surface area contributed by atoms with Crippen LogP contribution in [0.5, 0.6) is 0 Å². The number of carbonyl (C=O) groups is 1. The summed E-state index contributed by atoms with van der Waals surface area (Å²) in [7, 11) is 0. The molecule has 0 aromatic heterocycles. The largest absolute Gasteiger partial charge is 0.325 e. The van der Waals surface area contributed by atoms with Crippen molar-refractivity contribution < 1.29 is 4.79 Å². The highest BCUT2D eigenvalue weighted by Gasteiger charge is 2.14. The number of rotatable bonds is 6. The molecule has 0 spiro atoms. The number of nitrogens with one attached hydrogen (secondary N) is 1. The number of anilines is 1. The van der Waals surface area contributed by atoms with Crippen molar-refractivity contribution in [3.8, 4) is 0 Å². The third-order valence-electron chi connectivity index (χ3n) is 3.25. The van der Waals surface area contributed by atoms with E-state index >= 15 is 0 Å². The molecule has 0 heterocycles. The van der Waals surface area contributed by atoms with Gasteiger partial charge in [-0.1, -0.05) is 39.0 Å². The summed E-state index contributed by atoms with van der Waals surface area (Å²) in [6.45, 7) is 9.97. The molecule has 1 rings (SSSR count). The van der Waals surface area contributed by atoms with Crippen LogP contribution in [0.1, 0.15) is 44.7 Å². The second kappa shape index (κ2) is 7.82. The number of nitrogens with zero attached hydrogens (tertiary/aromatic N) is 1. The zero-order valence-electron chi connectivity index (χ0n) is 12.6. The molecule has 0 fully saturated rings. The lowest BCUT2D eigenvalue weighted by Gasteiger charge is -2.23. The molecule has 0 atom stereocenters. The van der Waals surface area contributed by atoms with Gasteiger partial charge in [0.2, 0.25) is 0 Å². The van der Waals surface area contributed by atoms with Gasteiger partial charge in [0, 0.05) is 18.8 Å². The summed E-state index contributed by atoms with van der Waals surface area (Å²) in [4.78, 5) is 14.2. The summed E-state index contributed by atoms with van der Waals surface area (Å²) in [6.07, 6.45) is 2.91. The van der Waals surface area contributed by atoms with E-state index in [4.69, 9.17) is 0 Å². The van der Waals surface area contributed by atoms with Crippen LogP contribution in [0, 0.1) is 6.92 Å². The van der Waals surface area contributed by atoms with Crippen LogP contribution in [-0.4, -0.2) is 24.0 Å². The van der Waals surface area contributed by atoms with E-state index in [-0.39, 0.29) is 6.03 Å². The zero-order valence-corrected chi connectivity index (χ0v) is 12.6. The van der Waals surface area contributed by atoms with E-state index < -0.39 is 0 Å². The highest BCUT2D eigenvalue weighted by molar-refractivity contribution is 5.91. The maximum absolute atomic E-state index is 12.3. The van der Waals surface area contributed by atoms with E-state index in [1.807, 2.05) is 24.0 Å². The Morgan fingerprint density at radius 2 is 1.79 bits per heavy atom. The lowest BCUT2D eigenvalue weighted by atomic mass is 10.1. The molecule has 0 saturated carbocycles. The fourth-order valence-electron chi connectivity index (χ4n) is 2.24. The van der Waals surface area contributed by atoms with Crippen molar-refractivity contribution in [2.75, 3.05) is 18.4 Å². The fraction of sp³-hybridized carbons (Fsp3) is 0.562. The summed E-state index contributed by atoms with van der Waals surface area (Å²) in [5, 5.41) is 3.09. The van der Waals surface area contributed by atoms with Gasteiger partial charge in [-0.2, -0.15) is 0 Å². The number of urea groups is 1. The Hall–Kier alpha value is -1.51. The molecule has 19 heavy (non-hydrogen) atoms. The Morgan fingerprint density at radius 3 is 2.32 bits per heavy atom. The molecule has 1 aromatic rings. The molecular weight excluding hydrogens is 236 g/mol. The molecule has 2 amide bonds. The molecular formula is C16H26N2O. The third kappa shape index (κ3) is 4.27. The number of hydrogen-bond acceptors (Lipinski definition) is 1. The minimum Gasteiger partial charge on any atom is -0.325 e. The smallest absolute Gasteiger partial charge is 0.321 e. The van der Waals surface area contributed by atoms with Gasteiger partial charge in [0.05, 0.1) is 0 Å². The first-order chi connectivity index (χ1) is 9.13. The average molecular weight is 262 g/mol. The Labute approximate surface area is 117 Å². The summed E-state index contributed by atoms with van der Waals surface area (Å²) in [6, 6.07) is 6.18. The first kappa shape index (κ1) is 15.5. The van der Waals surface area contributed by atoms with Gasteiger partial charge in [-0.15, -0.1) is 0 Å². The maximum atomic E-state index is 12.3. The summed E-state index contributed by atoms with van der Waals surface area (Å²) in [5.41, 5.74) is 3.30. The lowest BCUT2D eigenvalue weighted by molar-refractivity contribution is 0.211. The topological polar surface area (TPSA) is 32.3 Å². The standard InChI is InChI=1S/C16H26N2O/c1-5-11-18(12-6-2)16(19)17-15-13(4)9-8-10-14(15)7-3/h8-10H,5-7,11-12H2,1-4H3,(H,17,19). The van der Waals surface area contributed by atoms with Gasteiger partial charge in [-0.3, -0.25) is 0 Å². The number of hydrogen-bond donors (Lipinski definition) is 1. The van der Waals surface area contributed by atoms with E-state index in [9.17, 15) is 4.79 Å². The van der Waals surface area contributed by atoms with Crippen LogP contribution >= 0.6 is 0 Å². The van der Waals surface area contributed by atoms with Crippen molar-refractivity contribution >= 4 is 11.7 Å². The van der Waals surface area contributed by atoms with Crippen LogP contribution in [-0.2, 0) is 6.42 Å². The van der Waals surface area contributed by atoms with Crippen molar-refractivity contribution in [1.82, 2.24) is 4.90 Å². The highest BCUT2D eigenvalue weighted by atomic mass is 16.2. The van der Waals surface area contributed by atoms with Crippen molar-refractivity contribution in [1.29, 1.82) is 0 Å². The Morgan fingerprint density at radius 1 is 1.16 bits per heavy atom. The van der Waals surface area contributed by atoms with Gasteiger partial charge in [0.25, 0.3) is 0 Å². The Balaban J connectivity index is 2.85. The molecule has 0 radical (unpaired) electrons. The number of para-hydroxylation sites is 1. The maximum Gasteiger partial charge on any atom is 0.321 e. The molecule has 0 aliphatic rings. The van der Waals surface area contributed by atoms with Crippen molar-refractivity contribution in [2.45, 2.75) is 47.0 Å². The molecule has 0 unspecified atom stereocenters. The minimum absolute atomic E-state index is 0.0210. The second-order valence-electron chi connectivity index (χ2n) is 4.88. The van der Waals surface area contributed by atoms with Crippen LogP contribution in [0.25, 0.3) is 0 Å². The first-order valence-corrected chi connectivity index (χ1v) is 7.28. The molecule has 0 aliphatic heterocycles. The van der Waals surface area contributed by atoms with Crippen molar-refractivity contribution in [3.05, 3.63) is 29.3 Å². The number of carbonyl (C=O) groups excluding carboxylic acids is 1. The third-order valence-corrected chi connectivity index (χ3v) is 3.25. The van der Waals surface area contributed by atoms with Crippen LogP contribution < -0.4 is 5.32 Å². The summed E-state index contributed by atoms with van der Waals surface area (Å²) in [5.74, 6) is 0. The second-order valence-corrected chi connectivity index (χ2v) is 4.88. The van der Waals surface area contributed by atoms with Gasteiger partial charge >= 0.3 is 6.03 Å². The van der Waals surface area contributed by atoms with Crippen LogP contribution in [0.2, 0.25) is 0 Å². The molecule has 1 aromatic carbocycles. The van der Waals surface area contributed by atoms with Gasteiger partial charge in [0.15, 0.2) is 0 Å². The predicted octanol–water partition coefficient (Wildman–Crippen LogP) is 4.21. The van der Waals surface area contributed by atoms with Gasteiger partial charge in [0.1, 0.15) is 0 Å². The number of amides is 2. The van der Waals surface area contributed by atoms with E-state index in [1.165, 1.54) is 5.56 Å². The van der Waals surface area contributed by atoms with Crippen LogP contribution in [0.3, 0.4) is 0 Å². The molecule has 106 valence electrons. The molecule has 0 aliphatic carbocycles. The summed E-state index contributed by atoms with van der Waals surface area (Å²) >= 11 is 0. The molecule has 3 heteroatoms. The molecule has 3 nitrogen and oxygen atoms in total. The van der Waals surface area contributed by atoms with E-state index in [0.717, 1.165) is 43.6 Å². The molecule has 0 bridgehead atoms. The highest BCUT2D eigenvalue weighted by Crippen LogP contribution is 2.21.